The van der Waals surface area contributed by atoms with E-state index in [1.165, 1.54) is 0 Å². The Kier molecular flexibility index (Phi) is 4.86. The molecule has 0 aromatic heterocycles. The topological polar surface area (TPSA) is 18.5 Å². The maximum atomic E-state index is 5.60. The van der Waals surface area contributed by atoms with Crippen LogP contribution in [0, 0.1) is 3.57 Å². The SMILES string of the molecule is CC(C)(C)OCCOc1ccccc1I. The molecule has 0 atom stereocenters. The highest BCUT2D eigenvalue weighted by atomic mass is 127. The Morgan fingerprint density at radius 3 is 2.40 bits per heavy atom. The molecule has 84 valence electrons. The van der Waals surface area contributed by atoms with Crippen LogP contribution in [0.4, 0.5) is 0 Å². The first-order valence-corrected chi connectivity index (χ1v) is 6.08. The Balaban J connectivity index is 2.30. The van der Waals surface area contributed by atoms with Gasteiger partial charge in [-0.15, -0.1) is 0 Å². The number of hydrogen-bond donors (Lipinski definition) is 0. The molecule has 0 aliphatic carbocycles. The molecule has 1 rings (SSSR count). The summed E-state index contributed by atoms with van der Waals surface area (Å²) in [5, 5.41) is 0. The van der Waals surface area contributed by atoms with E-state index in [4.69, 9.17) is 9.47 Å². The van der Waals surface area contributed by atoms with Crippen LogP contribution >= 0.6 is 22.6 Å². The molecule has 3 heteroatoms. The van der Waals surface area contributed by atoms with Crippen LogP contribution in [0.1, 0.15) is 20.8 Å². The molecule has 0 aliphatic rings. The molecule has 0 radical (unpaired) electrons. The Bertz CT molecular complexity index is 305. The highest BCUT2D eigenvalue weighted by Crippen LogP contribution is 2.19. The molecule has 0 saturated carbocycles. The number of ether oxygens (including phenoxy) is 2. The van der Waals surface area contributed by atoms with Gasteiger partial charge in [0.2, 0.25) is 0 Å². The highest BCUT2D eigenvalue weighted by Gasteiger charge is 2.09. The fraction of sp³-hybridized carbons (Fsp3) is 0.500. The minimum Gasteiger partial charge on any atom is -0.490 e. The highest BCUT2D eigenvalue weighted by molar-refractivity contribution is 14.1. The molecule has 0 amide bonds. The van der Waals surface area contributed by atoms with Crippen molar-refractivity contribution in [1.29, 1.82) is 0 Å². The second-order valence-electron chi connectivity index (χ2n) is 4.24. The molecule has 0 bridgehead atoms. The van der Waals surface area contributed by atoms with Gasteiger partial charge >= 0.3 is 0 Å². The van der Waals surface area contributed by atoms with E-state index in [9.17, 15) is 0 Å². The third-order valence-corrected chi connectivity index (χ3v) is 2.60. The van der Waals surface area contributed by atoms with Crippen molar-refractivity contribution >= 4 is 22.6 Å². The number of rotatable bonds is 4. The van der Waals surface area contributed by atoms with Crippen LogP contribution in [-0.4, -0.2) is 18.8 Å². The minimum absolute atomic E-state index is 0.0901. The predicted molar refractivity (Wildman–Crippen MR) is 70.4 cm³/mol. The van der Waals surface area contributed by atoms with E-state index in [-0.39, 0.29) is 5.60 Å². The third-order valence-electron chi connectivity index (χ3n) is 1.71. The first kappa shape index (κ1) is 12.8. The van der Waals surface area contributed by atoms with Gasteiger partial charge in [-0.1, -0.05) is 12.1 Å². The van der Waals surface area contributed by atoms with Crippen LogP contribution in [0.2, 0.25) is 0 Å². The van der Waals surface area contributed by atoms with Crippen molar-refractivity contribution in [3.8, 4) is 5.75 Å². The molecule has 0 spiro atoms. The van der Waals surface area contributed by atoms with Crippen molar-refractivity contribution < 1.29 is 9.47 Å². The largest absolute Gasteiger partial charge is 0.490 e. The molecule has 0 aliphatic heterocycles. The van der Waals surface area contributed by atoms with E-state index in [0.717, 1.165) is 9.32 Å². The van der Waals surface area contributed by atoms with Gasteiger partial charge in [0.1, 0.15) is 12.4 Å². The van der Waals surface area contributed by atoms with Gasteiger partial charge < -0.3 is 9.47 Å². The number of halogens is 1. The summed E-state index contributed by atoms with van der Waals surface area (Å²) in [6.45, 7) is 7.34. The van der Waals surface area contributed by atoms with Crippen LogP contribution in [0.25, 0.3) is 0 Å². The summed E-state index contributed by atoms with van der Waals surface area (Å²) in [5.74, 6) is 0.926. The van der Waals surface area contributed by atoms with E-state index in [1.54, 1.807) is 0 Å². The van der Waals surface area contributed by atoms with E-state index in [2.05, 4.69) is 22.6 Å². The summed E-state index contributed by atoms with van der Waals surface area (Å²) in [7, 11) is 0. The zero-order chi connectivity index (χ0) is 11.3. The molecule has 1 aromatic rings. The first-order valence-electron chi connectivity index (χ1n) is 5.00. The number of benzene rings is 1. The Hall–Kier alpha value is -0.290. The maximum Gasteiger partial charge on any atom is 0.132 e. The average molecular weight is 320 g/mol. The standard InChI is InChI=1S/C12H17IO2/c1-12(2,3)15-9-8-14-11-7-5-4-6-10(11)13/h4-7H,8-9H2,1-3H3. The predicted octanol–water partition coefficient (Wildman–Crippen LogP) is 3.49. The zero-order valence-corrected chi connectivity index (χ0v) is 11.6. The van der Waals surface area contributed by atoms with E-state index in [1.807, 2.05) is 45.0 Å². The zero-order valence-electron chi connectivity index (χ0n) is 9.42. The van der Waals surface area contributed by atoms with Gasteiger partial charge in [0.15, 0.2) is 0 Å². The van der Waals surface area contributed by atoms with Crippen molar-refractivity contribution in [2.45, 2.75) is 26.4 Å². The summed E-state index contributed by atoms with van der Waals surface area (Å²) in [6, 6.07) is 7.97. The molecule has 2 nitrogen and oxygen atoms in total. The smallest absolute Gasteiger partial charge is 0.132 e. The molecule has 15 heavy (non-hydrogen) atoms. The molecular weight excluding hydrogens is 303 g/mol. The van der Waals surface area contributed by atoms with Crippen LogP contribution in [0.15, 0.2) is 24.3 Å². The summed E-state index contributed by atoms with van der Waals surface area (Å²) in [5.41, 5.74) is -0.0901. The lowest BCUT2D eigenvalue weighted by Gasteiger charge is -2.19. The van der Waals surface area contributed by atoms with Gasteiger partial charge in [0, 0.05) is 0 Å². The van der Waals surface area contributed by atoms with Crippen molar-refractivity contribution in [3.63, 3.8) is 0 Å². The monoisotopic (exact) mass is 320 g/mol. The van der Waals surface area contributed by atoms with Gasteiger partial charge in [0.25, 0.3) is 0 Å². The van der Waals surface area contributed by atoms with Gasteiger partial charge in [-0.3, -0.25) is 0 Å². The lowest BCUT2D eigenvalue weighted by Crippen LogP contribution is -2.22. The molecule has 1 aromatic carbocycles. The molecule has 0 saturated heterocycles. The number of para-hydroxylation sites is 1. The van der Waals surface area contributed by atoms with E-state index >= 15 is 0 Å². The van der Waals surface area contributed by atoms with Crippen LogP contribution in [0.5, 0.6) is 5.75 Å². The van der Waals surface area contributed by atoms with Crippen molar-refractivity contribution in [1.82, 2.24) is 0 Å². The Labute approximate surface area is 105 Å². The lowest BCUT2D eigenvalue weighted by atomic mass is 10.2. The van der Waals surface area contributed by atoms with Gasteiger partial charge in [-0.2, -0.15) is 0 Å². The normalized spacial score (nSPS) is 11.5. The van der Waals surface area contributed by atoms with Crippen molar-refractivity contribution in [3.05, 3.63) is 27.8 Å². The van der Waals surface area contributed by atoms with Crippen molar-refractivity contribution in [2.24, 2.45) is 0 Å². The third kappa shape index (κ3) is 5.37. The summed E-state index contributed by atoms with van der Waals surface area (Å²) >= 11 is 2.26. The second-order valence-corrected chi connectivity index (χ2v) is 5.40. The second kappa shape index (κ2) is 5.70. The summed E-state index contributed by atoms with van der Waals surface area (Å²) in [4.78, 5) is 0. The fourth-order valence-electron chi connectivity index (χ4n) is 1.06. The molecule has 0 heterocycles. The fourth-order valence-corrected chi connectivity index (χ4v) is 1.60. The van der Waals surface area contributed by atoms with Gasteiger partial charge in [-0.25, -0.2) is 0 Å². The Morgan fingerprint density at radius 2 is 1.80 bits per heavy atom. The maximum absolute atomic E-state index is 5.60. The van der Waals surface area contributed by atoms with Crippen LogP contribution in [-0.2, 0) is 4.74 Å². The molecule has 0 unspecified atom stereocenters. The minimum atomic E-state index is -0.0901. The molecule has 0 N–H and O–H groups in total. The van der Waals surface area contributed by atoms with Crippen LogP contribution in [0.3, 0.4) is 0 Å². The Morgan fingerprint density at radius 1 is 1.13 bits per heavy atom. The average Bonchev–Trinajstić information content (AvgIpc) is 2.13. The van der Waals surface area contributed by atoms with Gasteiger partial charge in [-0.05, 0) is 55.5 Å². The van der Waals surface area contributed by atoms with Crippen LogP contribution < -0.4 is 4.74 Å². The summed E-state index contributed by atoms with van der Waals surface area (Å²) < 4.78 is 12.3. The quantitative estimate of drug-likeness (QED) is 0.625. The molecule has 0 fully saturated rings. The van der Waals surface area contributed by atoms with Crippen molar-refractivity contribution in [2.75, 3.05) is 13.2 Å². The first-order chi connectivity index (χ1) is 6.99. The van der Waals surface area contributed by atoms with Gasteiger partial charge in [0.05, 0.1) is 15.8 Å². The molecular formula is C12H17IO2. The number of hydrogen-bond acceptors (Lipinski definition) is 2. The summed E-state index contributed by atoms with van der Waals surface area (Å²) in [6.07, 6.45) is 0. The van der Waals surface area contributed by atoms with E-state index in [0.29, 0.717) is 13.2 Å². The van der Waals surface area contributed by atoms with E-state index < -0.39 is 0 Å². The lowest BCUT2D eigenvalue weighted by molar-refractivity contribution is -0.0163.